The number of nitrogens with one attached hydrogen (secondary N) is 4. The number of carbonyl (C=O) groups excluding carboxylic acids is 4. The standard InChI is InChI=1S/C24H31N7O5/c1-36-19-12-15(11-14-5-2-3-6-16(14)19)29-23(35)17(7-4-10-27-24(25)26)31-21(33)13-28-22(34)18-8-9-20(32)30-18/h2-3,5-6,11-12,17-18H,4,7-10,13H2,1H3,(H,28,34)(H,29,35)(H,30,32)(H,31,33)(H4,25,26,27). The third-order valence-corrected chi connectivity index (χ3v) is 5.64. The summed E-state index contributed by atoms with van der Waals surface area (Å²) in [6, 6.07) is 9.53. The summed E-state index contributed by atoms with van der Waals surface area (Å²) < 4.78 is 5.45. The third kappa shape index (κ3) is 7.32. The summed E-state index contributed by atoms with van der Waals surface area (Å²) in [5.41, 5.74) is 11.2. The summed E-state index contributed by atoms with van der Waals surface area (Å²) >= 11 is 0. The molecular weight excluding hydrogens is 466 g/mol. The summed E-state index contributed by atoms with van der Waals surface area (Å²) in [5.74, 6) is -1.12. The highest BCUT2D eigenvalue weighted by atomic mass is 16.5. The van der Waals surface area contributed by atoms with Gasteiger partial charge in [0.05, 0.1) is 13.7 Å². The van der Waals surface area contributed by atoms with Crippen molar-refractivity contribution in [3.63, 3.8) is 0 Å². The molecule has 2 aromatic rings. The van der Waals surface area contributed by atoms with Crippen LogP contribution in [0.25, 0.3) is 10.8 Å². The van der Waals surface area contributed by atoms with Crippen molar-refractivity contribution in [1.82, 2.24) is 16.0 Å². The molecule has 1 saturated heterocycles. The molecule has 12 nitrogen and oxygen atoms in total. The molecule has 0 saturated carbocycles. The number of ether oxygens (including phenoxy) is 1. The van der Waals surface area contributed by atoms with Crippen LogP contribution < -0.4 is 37.5 Å². The predicted octanol–water partition coefficient (Wildman–Crippen LogP) is -0.280. The molecule has 8 N–H and O–H groups in total. The Morgan fingerprint density at radius 2 is 2.00 bits per heavy atom. The Morgan fingerprint density at radius 1 is 1.22 bits per heavy atom. The molecule has 1 aliphatic heterocycles. The van der Waals surface area contributed by atoms with Crippen LogP contribution >= 0.6 is 0 Å². The maximum atomic E-state index is 13.1. The van der Waals surface area contributed by atoms with Crippen LogP contribution in [0.5, 0.6) is 5.75 Å². The van der Waals surface area contributed by atoms with E-state index >= 15 is 0 Å². The molecule has 36 heavy (non-hydrogen) atoms. The van der Waals surface area contributed by atoms with Gasteiger partial charge in [0.15, 0.2) is 5.96 Å². The molecule has 192 valence electrons. The SMILES string of the molecule is COc1cc(NC(=O)C(CCCN=C(N)N)NC(=O)CNC(=O)C2CCC(=O)N2)cc2ccccc12. The fraction of sp³-hybridized carbons (Fsp3) is 0.375. The first-order valence-corrected chi connectivity index (χ1v) is 11.6. The van der Waals surface area contributed by atoms with Crippen LogP contribution in [-0.4, -0.2) is 61.9 Å². The normalized spacial score (nSPS) is 15.5. The second-order valence-electron chi connectivity index (χ2n) is 8.33. The number of anilines is 1. The number of aliphatic imine (C=N–C) groups is 1. The molecule has 1 fully saturated rings. The van der Waals surface area contributed by atoms with Gasteiger partial charge < -0.3 is 37.5 Å². The van der Waals surface area contributed by atoms with Crippen molar-refractivity contribution in [2.45, 2.75) is 37.8 Å². The Morgan fingerprint density at radius 3 is 2.69 bits per heavy atom. The van der Waals surface area contributed by atoms with Gasteiger partial charge in [-0.15, -0.1) is 0 Å². The van der Waals surface area contributed by atoms with Gasteiger partial charge in [0.1, 0.15) is 17.8 Å². The number of nitrogens with zero attached hydrogens (tertiary/aromatic N) is 1. The largest absolute Gasteiger partial charge is 0.496 e. The van der Waals surface area contributed by atoms with E-state index in [1.54, 1.807) is 13.2 Å². The maximum Gasteiger partial charge on any atom is 0.246 e. The lowest BCUT2D eigenvalue weighted by molar-refractivity contribution is -0.129. The van der Waals surface area contributed by atoms with Gasteiger partial charge in [0.2, 0.25) is 23.6 Å². The van der Waals surface area contributed by atoms with E-state index < -0.39 is 29.8 Å². The van der Waals surface area contributed by atoms with E-state index in [1.165, 1.54) is 0 Å². The lowest BCUT2D eigenvalue weighted by Gasteiger charge is -2.19. The van der Waals surface area contributed by atoms with Crippen LogP contribution in [0.3, 0.4) is 0 Å². The number of amides is 4. The molecule has 12 heteroatoms. The number of carbonyl (C=O) groups is 4. The minimum Gasteiger partial charge on any atom is -0.496 e. The van der Waals surface area contributed by atoms with Crippen molar-refractivity contribution in [1.29, 1.82) is 0 Å². The topological polar surface area (TPSA) is 190 Å². The maximum absolute atomic E-state index is 13.1. The van der Waals surface area contributed by atoms with Gasteiger partial charge >= 0.3 is 0 Å². The molecule has 2 aromatic carbocycles. The summed E-state index contributed by atoms with van der Waals surface area (Å²) in [4.78, 5) is 53.0. The molecule has 2 atom stereocenters. The van der Waals surface area contributed by atoms with Crippen LogP contribution in [0.2, 0.25) is 0 Å². The Kier molecular flexibility index (Phi) is 9.03. The zero-order valence-corrected chi connectivity index (χ0v) is 20.0. The van der Waals surface area contributed by atoms with Gasteiger partial charge in [0, 0.05) is 30.1 Å². The van der Waals surface area contributed by atoms with Crippen molar-refractivity contribution in [3.8, 4) is 5.75 Å². The molecule has 1 aliphatic rings. The monoisotopic (exact) mass is 497 g/mol. The van der Waals surface area contributed by atoms with Crippen molar-refractivity contribution < 1.29 is 23.9 Å². The minimum atomic E-state index is -0.910. The highest BCUT2D eigenvalue weighted by Gasteiger charge is 2.28. The van der Waals surface area contributed by atoms with Gasteiger partial charge in [0.25, 0.3) is 0 Å². The zero-order valence-electron chi connectivity index (χ0n) is 20.0. The van der Waals surface area contributed by atoms with E-state index in [4.69, 9.17) is 16.2 Å². The second kappa shape index (κ2) is 12.4. The van der Waals surface area contributed by atoms with E-state index in [2.05, 4.69) is 26.3 Å². The highest BCUT2D eigenvalue weighted by Crippen LogP contribution is 2.29. The molecule has 4 amide bonds. The zero-order chi connectivity index (χ0) is 26.1. The lowest BCUT2D eigenvalue weighted by Crippen LogP contribution is -2.49. The number of guanidine groups is 1. The lowest BCUT2D eigenvalue weighted by atomic mass is 10.1. The fourth-order valence-electron chi connectivity index (χ4n) is 3.86. The number of hydrogen-bond donors (Lipinski definition) is 6. The van der Waals surface area contributed by atoms with E-state index in [0.29, 0.717) is 24.3 Å². The van der Waals surface area contributed by atoms with Crippen molar-refractivity contribution in [3.05, 3.63) is 36.4 Å². The Balaban J connectivity index is 1.65. The molecule has 0 aliphatic carbocycles. The van der Waals surface area contributed by atoms with Crippen molar-refractivity contribution in [2.24, 2.45) is 16.5 Å². The number of rotatable bonds is 11. The number of fused-ring (bicyclic) bond motifs is 1. The van der Waals surface area contributed by atoms with Gasteiger partial charge in [-0.2, -0.15) is 0 Å². The summed E-state index contributed by atoms with van der Waals surface area (Å²) in [6.07, 6.45) is 1.32. The van der Waals surface area contributed by atoms with E-state index in [9.17, 15) is 19.2 Å². The molecule has 0 bridgehead atoms. The van der Waals surface area contributed by atoms with E-state index in [0.717, 1.165) is 10.8 Å². The van der Waals surface area contributed by atoms with Crippen LogP contribution in [0.1, 0.15) is 25.7 Å². The Bertz CT molecular complexity index is 1160. The molecular formula is C24H31N7O5. The van der Waals surface area contributed by atoms with Gasteiger partial charge in [-0.1, -0.05) is 24.3 Å². The molecule has 0 aromatic heterocycles. The number of hydrogen-bond acceptors (Lipinski definition) is 6. The highest BCUT2D eigenvalue weighted by molar-refractivity contribution is 6.01. The smallest absolute Gasteiger partial charge is 0.246 e. The summed E-state index contributed by atoms with van der Waals surface area (Å²) in [6.45, 7) is -0.0590. The van der Waals surface area contributed by atoms with Crippen LogP contribution in [0, 0.1) is 0 Å². The van der Waals surface area contributed by atoms with E-state index in [-0.39, 0.29) is 37.8 Å². The van der Waals surface area contributed by atoms with Gasteiger partial charge in [-0.3, -0.25) is 24.2 Å². The minimum absolute atomic E-state index is 0.0648. The van der Waals surface area contributed by atoms with Crippen LogP contribution in [0.4, 0.5) is 5.69 Å². The van der Waals surface area contributed by atoms with Crippen LogP contribution in [0.15, 0.2) is 41.4 Å². The first kappa shape index (κ1) is 26.3. The predicted molar refractivity (Wildman–Crippen MR) is 135 cm³/mol. The first-order chi connectivity index (χ1) is 17.3. The molecule has 2 unspecified atom stereocenters. The van der Waals surface area contributed by atoms with Crippen molar-refractivity contribution in [2.75, 3.05) is 25.5 Å². The first-order valence-electron chi connectivity index (χ1n) is 11.6. The molecule has 0 spiro atoms. The quantitative estimate of drug-likeness (QED) is 0.140. The van der Waals surface area contributed by atoms with Gasteiger partial charge in [-0.05, 0) is 30.7 Å². The average Bonchev–Trinajstić information content (AvgIpc) is 3.30. The van der Waals surface area contributed by atoms with E-state index in [1.807, 2.05) is 30.3 Å². The number of benzene rings is 2. The van der Waals surface area contributed by atoms with Crippen molar-refractivity contribution >= 4 is 46.0 Å². The number of methoxy groups -OCH3 is 1. The molecule has 0 radical (unpaired) electrons. The third-order valence-electron chi connectivity index (χ3n) is 5.64. The molecule has 3 rings (SSSR count). The summed E-state index contributed by atoms with van der Waals surface area (Å²) in [7, 11) is 1.55. The molecule has 1 heterocycles. The average molecular weight is 498 g/mol. The van der Waals surface area contributed by atoms with Crippen LogP contribution in [-0.2, 0) is 19.2 Å². The number of nitrogens with two attached hydrogens (primary N) is 2. The fourth-order valence-corrected chi connectivity index (χ4v) is 3.86. The van der Waals surface area contributed by atoms with Gasteiger partial charge in [-0.25, -0.2) is 0 Å². The Labute approximate surface area is 208 Å². The summed E-state index contributed by atoms with van der Waals surface area (Å²) in [5, 5.41) is 12.3. The Hall–Kier alpha value is -4.35. The second-order valence-corrected chi connectivity index (χ2v) is 8.33.